The molecule has 1 aliphatic rings. The molecule has 2 aromatic rings. The Hall–Kier alpha value is -4.14. The predicted molar refractivity (Wildman–Crippen MR) is 92.0 cm³/mol. The number of ether oxygens (including phenoxy) is 3. The average molecular weight is 440 g/mol. The van der Waals surface area contributed by atoms with Crippen LogP contribution in [0.25, 0.3) is 6.08 Å². The Bertz CT molecular complexity index is 1130. The Balaban J connectivity index is 1.67. The number of hydrogen-bond acceptors (Lipinski definition) is 6. The molecule has 1 N–H and O–H groups in total. The molecule has 0 radical (unpaired) electrons. The smallest absolute Gasteiger partial charge is 0.349 e. The number of benzene rings is 2. The molecule has 160 valence electrons. The number of carbonyl (C=O) groups excluding carboxylic acids is 2. The Morgan fingerprint density at radius 1 is 1.03 bits per heavy atom. The van der Waals surface area contributed by atoms with Crippen LogP contribution in [0.4, 0.5) is 27.6 Å². The minimum Gasteiger partial charge on any atom is -0.454 e. The number of fused-ring (bicyclic) bond motifs is 1. The van der Waals surface area contributed by atoms with Crippen molar-refractivity contribution >= 4 is 23.6 Å². The predicted octanol–water partition coefficient (Wildman–Crippen LogP) is 3.20. The van der Waals surface area contributed by atoms with Gasteiger partial charge in [-0.15, -0.1) is 0 Å². The highest BCUT2D eigenvalue weighted by molar-refractivity contribution is 6.00. The van der Waals surface area contributed by atoms with E-state index < -0.39 is 58.8 Å². The molecule has 0 atom stereocenters. The van der Waals surface area contributed by atoms with E-state index in [1.54, 1.807) is 6.07 Å². The van der Waals surface area contributed by atoms with Gasteiger partial charge < -0.3 is 19.5 Å². The molecule has 12 heteroatoms. The Morgan fingerprint density at radius 2 is 1.65 bits per heavy atom. The Labute approximate surface area is 170 Å². The van der Waals surface area contributed by atoms with Gasteiger partial charge in [0.25, 0.3) is 5.91 Å². The zero-order chi connectivity index (χ0) is 22.7. The van der Waals surface area contributed by atoms with Crippen molar-refractivity contribution in [3.8, 4) is 17.6 Å². The van der Waals surface area contributed by atoms with Crippen LogP contribution in [0.2, 0.25) is 0 Å². The molecule has 3 rings (SSSR count). The second kappa shape index (κ2) is 8.70. The molecule has 0 saturated heterocycles. The fourth-order valence-electron chi connectivity index (χ4n) is 2.41. The van der Waals surface area contributed by atoms with Gasteiger partial charge in [-0.1, -0.05) is 6.07 Å². The lowest BCUT2D eigenvalue weighted by atomic mass is 10.1. The fourth-order valence-corrected chi connectivity index (χ4v) is 2.41. The van der Waals surface area contributed by atoms with Crippen molar-refractivity contribution in [2.75, 3.05) is 18.7 Å². The molecule has 0 unspecified atom stereocenters. The molecule has 1 amide bonds. The topological polar surface area (TPSA) is 97.7 Å². The standard InChI is InChI=1S/C19H9F5N2O5/c20-13-14(21)16(23)18(17(24)15(13)22)26-12(27)6-29-19(28)9(5-25)3-8-1-2-10-11(4-8)31-7-30-10/h1-4H,6-7H2,(H,26,27). The number of carbonyl (C=O) groups is 2. The van der Waals surface area contributed by atoms with E-state index in [9.17, 15) is 31.5 Å². The number of halogens is 5. The van der Waals surface area contributed by atoms with Crippen LogP contribution in [0.15, 0.2) is 23.8 Å². The van der Waals surface area contributed by atoms with E-state index in [0.29, 0.717) is 17.1 Å². The first-order valence-corrected chi connectivity index (χ1v) is 8.22. The first kappa shape index (κ1) is 21.6. The van der Waals surface area contributed by atoms with E-state index in [2.05, 4.69) is 4.74 Å². The second-order valence-corrected chi connectivity index (χ2v) is 5.85. The summed E-state index contributed by atoms with van der Waals surface area (Å²) in [5, 5.41) is 10.5. The van der Waals surface area contributed by atoms with E-state index in [0.717, 1.165) is 6.08 Å². The molecule has 0 bridgehead atoms. The number of anilines is 1. The molecule has 2 aromatic carbocycles. The quantitative estimate of drug-likeness (QED) is 0.192. The van der Waals surface area contributed by atoms with E-state index in [1.165, 1.54) is 23.5 Å². The summed E-state index contributed by atoms with van der Waals surface area (Å²) in [6, 6.07) is 6.07. The maximum absolute atomic E-state index is 13.6. The van der Waals surface area contributed by atoms with Gasteiger partial charge in [0.15, 0.2) is 41.4 Å². The lowest BCUT2D eigenvalue weighted by Gasteiger charge is -2.10. The third kappa shape index (κ3) is 4.40. The van der Waals surface area contributed by atoms with Crippen LogP contribution < -0.4 is 14.8 Å². The van der Waals surface area contributed by atoms with Gasteiger partial charge in [0, 0.05) is 0 Å². The van der Waals surface area contributed by atoms with Crippen molar-refractivity contribution in [1.82, 2.24) is 0 Å². The minimum absolute atomic E-state index is 0.00774. The lowest BCUT2D eigenvalue weighted by molar-refractivity contribution is -0.142. The largest absolute Gasteiger partial charge is 0.454 e. The minimum atomic E-state index is -2.40. The zero-order valence-corrected chi connectivity index (χ0v) is 15.1. The van der Waals surface area contributed by atoms with Gasteiger partial charge in [-0.05, 0) is 23.8 Å². The van der Waals surface area contributed by atoms with Crippen LogP contribution >= 0.6 is 0 Å². The van der Waals surface area contributed by atoms with E-state index in [-0.39, 0.29) is 6.79 Å². The maximum atomic E-state index is 13.6. The highest BCUT2D eigenvalue weighted by Crippen LogP contribution is 2.33. The van der Waals surface area contributed by atoms with Gasteiger partial charge in [0.2, 0.25) is 12.6 Å². The Morgan fingerprint density at radius 3 is 2.29 bits per heavy atom. The van der Waals surface area contributed by atoms with E-state index >= 15 is 0 Å². The van der Waals surface area contributed by atoms with Crippen molar-refractivity contribution in [2.45, 2.75) is 0 Å². The summed E-state index contributed by atoms with van der Waals surface area (Å²) in [7, 11) is 0. The summed E-state index contributed by atoms with van der Waals surface area (Å²) in [6.45, 7) is -1.16. The average Bonchev–Trinajstić information content (AvgIpc) is 3.23. The van der Waals surface area contributed by atoms with Crippen LogP contribution in [0.1, 0.15) is 5.56 Å². The van der Waals surface area contributed by atoms with Gasteiger partial charge in [0.05, 0.1) is 0 Å². The number of nitriles is 1. The van der Waals surface area contributed by atoms with Crippen molar-refractivity contribution < 1.29 is 45.8 Å². The molecule has 1 aliphatic heterocycles. The summed E-state index contributed by atoms with van der Waals surface area (Å²) in [4.78, 5) is 23.7. The first-order valence-electron chi connectivity index (χ1n) is 8.22. The number of esters is 1. The van der Waals surface area contributed by atoms with E-state index in [1.807, 2.05) is 0 Å². The van der Waals surface area contributed by atoms with Gasteiger partial charge >= 0.3 is 5.97 Å². The summed E-state index contributed by atoms with van der Waals surface area (Å²) >= 11 is 0. The monoisotopic (exact) mass is 440 g/mol. The number of amides is 1. The highest BCUT2D eigenvalue weighted by Gasteiger charge is 2.27. The SMILES string of the molecule is N#CC(=Cc1ccc2c(c1)OCO2)C(=O)OCC(=O)Nc1c(F)c(F)c(F)c(F)c1F. The van der Waals surface area contributed by atoms with Crippen molar-refractivity contribution in [1.29, 1.82) is 5.26 Å². The molecule has 1 heterocycles. The first-order chi connectivity index (χ1) is 14.7. The van der Waals surface area contributed by atoms with Crippen molar-refractivity contribution in [3.63, 3.8) is 0 Å². The van der Waals surface area contributed by atoms with Crippen molar-refractivity contribution in [2.24, 2.45) is 0 Å². The highest BCUT2D eigenvalue weighted by atomic mass is 19.2. The molecule has 7 nitrogen and oxygen atoms in total. The van der Waals surface area contributed by atoms with Gasteiger partial charge in [-0.2, -0.15) is 5.26 Å². The number of rotatable bonds is 5. The molecule has 0 saturated carbocycles. The molecule has 0 fully saturated rings. The molecular formula is C19H9F5N2O5. The fraction of sp³-hybridized carbons (Fsp3) is 0.105. The number of nitrogens with zero attached hydrogens (tertiary/aromatic N) is 1. The van der Waals surface area contributed by atoms with Gasteiger partial charge in [0.1, 0.15) is 17.3 Å². The maximum Gasteiger partial charge on any atom is 0.349 e. The molecule has 0 aromatic heterocycles. The van der Waals surface area contributed by atoms with E-state index in [4.69, 9.17) is 14.7 Å². The number of hydrogen-bond donors (Lipinski definition) is 1. The Kier molecular flexibility index (Phi) is 6.05. The molecule has 0 spiro atoms. The van der Waals surface area contributed by atoms with Crippen molar-refractivity contribution in [3.05, 3.63) is 58.4 Å². The van der Waals surface area contributed by atoms with Crippen LogP contribution in [0, 0.1) is 40.4 Å². The summed E-state index contributed by atoms with van der Waals surface area (Å²) < 4.78 is 81.3. The van der Waals surface area contributed by atoms with Crippen LogP contribution in [0.3, 0.4) is 0 Å². The second-order valence-electron chi connectivity index (χ2n) is 5.85. The van der Waals surface area contributed by atoms with Crippen LogP contribution in [0.5, 0.6) is 11.5 Å². The van der Waals surface area contributed by atoms with Crippen LogP contribution in [-0.4, -0.2) is 25.3 Å². The third-order valence-electron chi connectivity index (χ3n) is 3.86. The summed E-state index contributed by atoms with van der Waals surface area (Å²) in [5.41, 5.74) is -1.78. The molecule has 31 heavy (non-hydrogen) atoms. The summed E-state index contributed by atoms with van der Waals surface area (Å²) in [6.07, 6.45) is 1.12. The molecular weight excluding hydrogens is 431 g/mol. The normalized spacial score (nSPS) is 12.3. The summed E-state index contributed by atoms with van der Waals surface area (Å²) in [5.74, 6) is -13.3. The number of nitrogens with one attached hydrogen (secondary N) is 1. The third-order valence-corrected chi connectivity index (χ3v) is 3.86. The van der Waals surface area contributed by atoms with Gasteiger partial charge in [-0.25, -0.2) is 26.7 Å². The lowest BCUT2D eigenvalue weighted by Crippen LogP contribution is -2.23. The zero-order valence-electron chi connectivity index (χ0n) is 15.1. The van der Waals surface area contributed by atoms with Crippen LogP contribution in [-0.2, 0) is 14.3 Å². The van der Waals surface area contributed by atoms with Gasteiger partial charge in [-0.3, -0.25) is 4.79 Å². The molecule has 0 aliphatic carbocycles.